The van der Waals surface area contributed by atoms with Crippen molar-refractivity contribution >= 4 is 39.4 Å². The van der Waals surface area contributed by atoms with Crippen molar-refractivity contribution in [1.29, 1.82) is 0 Å². The fourth-order valence-corrected chi connectivity index (χ4v) is 4.92. The molecule has 0 spiro atoms. The Bertz CT molecular complexity index is 1820. The molecule has 0 radical (unpaired) electrons. The summed E-state index contributed by atoms with van der Waals surface area (Å²) in [7, 11) is 3.27. The van der Waals surface area contributed by atoms with Crippen molar-refractivity contribution in [2.24, 2.45) is 7.05 Å². The number of hydrogen-bond donors (Lipinski definition) is 1. The number of nitrogens with zero attached hydrogens (tertiary/aromatic N) is 7. The number of carbonyl (C=O) groups is 2. The molecule has 2 amide bonds. The number of hydrogen-bond acceptors (Lipinski definition) is 6. The van der Waals surface area contributed by atoms with Crippen molar-refractivity contribution in [3.63, 3.8) is 0 Å². The normalized spacial score (nSPS) is 14.0. The zero-order valence-electron chi connectivity index (χ0n) is 22.7. The Kier molecular flexibility index (Phi) is 5.83. The summed E-state index contributed by atoms with van der Waals surface area (Å²) in [4.78, 5) is 30.6. The minimum Gasteiger partial charge on any atom is -0.383 e. The van der Waals surface area contributed by atoms with Crippen LogP contribution in [-0.4, -0.2) is 53.4 Å². The minimum atomic E-state index is -0.479. The molecule has 10 nitrogen and oxygen atoms in total. The number of nitrogens with two attached hydrogens (primary N) is 1. The van der Waals surface area contributed by atoms with Gasteiger partial charge in [0.2, 0.25) is 5.91 Å². The van der Waals surface area contributed by atoms with Gasteiger partial charge in [-0.3, -0.25) is 24.0 Å². The van der Waals surface area contributed by atoms with E-state index in [9.17, 15) is 9.59 Å². The lowest BCUT2D eigenvalue weighted by atomic mass is 10.1. The van der Waals surface area contributed by atoms with Crippen LogP contribution in [0.4, 0.5) is 10.2 Å². The number of amides is 2. The highest BCUT2D eigenvalue weighted by atomic mass is 19.1. The predicted molar refractivity (Wildman–Crippen MR) is 149 cm³/mol. The Labute approximate surface area is 229 Å². The lowest BCUT2D eigenvalue weighted by Crippen LogP contribution is -2.46. The maximum absolute atomic E-state index is 15.4. The van der Waals surface area contributed by atoms with Crippen molar-refractivity contribution in [2.75, 3.05) is 12.8 Å². The average molecular weight is 541 g/mol. The Balaban J connectivity index is 1.33. The van der Waals surface area contributed by atoms with E-state index in [0.717, 1.165) is 23.9 Å². The quantitative estimate of drug-likeness (QED) is 0.333. The third-order valence-corrected chi connectivity index (χ3v) is 7.82. The highest BCUT2D eigenvalue weighted by Gasteiger charge is 2.40. The maximum Gasteiger partial charge on any atom is 0.272 e. The molecule has 2 aromatic carbocycles. The SMILES string of the molecule is CC(=O)N(C)N(Cc1ccc(-c2cnn(C3(C)CC3)c2)cc1F)C(=O)c1ccc2nc(N)c3cnn(C)c3c2c1. The van der Waals surface area contributed by atoms with Gasteiger partial charge >= 0.3 is 0 Å². The second-order valence-corrected chi connectivity index (χ2v) is 10.6. The molecule has 11 heteroatoms. The van der Waals surface area contributed by atoms with E-state index >= 15 is 4.39 Å². The van der Waals surface area contributed by atoms with Crippen molar-refractivity contribution in [3.8, 4) is 11.1 Å². The molecule has 0 atom stereocenters. The van der Waals surface area contributed by atoms with Gasteiger partial charge in [0.05, 0.1) is 40.9 Å². The van der Waals surface area contributed by atoms with E-state index in [1.165, 1.54) is 30.1 Å². The van der Waals surface area contributed by atoms with Gasteiger partial charge in [0.15, 0.2) is 0 Å². The lowest BCUT2D eigenvalue weighted by Gasteiger charge is -2.31. The number of aryl methyl sites for hydroxylation is 1. The van der Waals surface area contributed by atoms with Crippen molar-refractivity contribution in [2.45, 2.75) is 38.8 Å². The van der Waals surface area contributed by atoms with Gasteiger partial charge in [0, 0.05) is 49.3 Å². The molecular formula is C29H29FN8O2. The number of pyridine rings is 1. The van der Waals surface area contributed by atoms with Crippen LogP contribution >= 0.6 is 0 Å². The van der Waals surface area contributed by atoms with Crippen LogP contribution in [0.1, 0.15) is 42.6 Å². The summed E-state index contributed by atoms with van der Waals surface area (Å²) in [5.41, 5.74) is 9.59. The highest BCUT2D eigenvalue weighted by molar-refractivity contribution is 6.10. The largest absolute Gasteiger partial charge is 0.383 e. The van der Waals surface area contributed by atoms with Gasteiger partial charge in [-0.2, -0.15) is 10.2 Å². The number of nitrogen functional groups attached to an aromatic ring is 1. The van der Waals surface area contributed by atoms with Crippen LogP contribution in [0.15, 0.2) is 55.0 Å². The van der Waals surface area contributed by atoms with Crippen LogP contribution in [0.5, 0.6) is 0 Å². The molecule has 204 valence electrons. The molecule has 1 fully saturated rings. The molecule has 40 heavy (non-hydrogen) atoms. The molecule has 3 heterocycles. The monoisotopic (exact) mass is 540 g/mol. The molecule has 1 aliphatic carbocycles. The van der Waals surface area contributed by atoms with Crippen molar-refractivity contribution in [1.82, 2.24) is 34.6 Å². The van der Waals surface area contributed by atoms with E-state index in [1.807, 2.05) is 10.9 Å². The molecule has 1 saturated carbocycles. The van der Waals surface area contributed by atoms with Crippen molar-refractivity contribution in [3.05, 3.63) is 71.9 Å². The zero-order chi connectivity index (χ0) is 28.3. The summed E-state index contributed by atoms with van der Waals surface area (Å²) in [6, 6.07) is 9.91. The Morgan fingerprint density at radius 3 is 2.55 bits per heavy atom. The van der Waals surface area contributed by atoms with Gasteiger partial charge in [-0.15, -0.1) is 0 Å². The number of halogens is 1. The minimum absolute atomic E-state index is 0.0445. The van der Waals surface area contributed by atoms with Gasteiger partial charge < -0.3 is 5.73 Å². The predicted octanol–water partition coefficient (Wildman–Crippen LogP) is 4.25. The molecule has 0 unspecified atom stereocenters. The van der Waals surface area contributed by atoms with Gasteiger partial charge in [-0.1, -0.05) is 12.1 Å². The number of hydrazine groups is 1. The number of carbonyl (C=O) groups excluding carboxylic acids is 2. The van der Waals surface area contributed by atoms with Gasteiger partial charge in [-0.05, 0) is 49.6 Å². The lowest BCUT2D eigenvalue weighted by molar-refractivity contribution is -0.140. The standard InChI is InChI=1S/C29H29FN8O2/c1-17(39)36(4)37(15-20-6-5-18(12-24(20)30)21-13-33-38(16-21)29(2)9-10-29)28(40)19-7-8-25-22(11-19)26-23(27(31)34-25)14-32-35(26)3/h5-8,11-14,16H,9-10,15H2,1-4H3,(H2,31,34). The molecule has 0 aliphatic heterocycles. The summed E-state index contributed by atoms with van der Waals surface area (Å²) >= 11 is 0. The van der Waals surface area contributed by atoms with Crippen LogP contribution in [0, 0.1) is 5.82 Å². The molecule has 6 rings (SSSR count). The molecule has 0 bridgehead atoms. The molecule has 5 aromatic rings. The molecular weight excluding hydrogens is 511 g/mol. The summed E-state index contributed by atoms with van der Waals surface area (Å²) in [5, 5.41) is 12.5. The van der Waals surface area contributed by atoms with Crippen molar-refractivity contribution < 1.29 is 14.0 Å². The summed E-state index contributed by atoms with van der Waals surface area (Å²) in [6.45, 7) is 3.35. The first-order chi connectivity index (χ1) is 19.1. The summed E-state index contributed by atoms with van der Waals surface area (Å²) in [5.74, 6) is -0.960. The average Bonchev–Trinajstić information content (AvgIpc) is 3.31. The summed E-state index contributed by atoms with van der Waals surface area (Å²) in [6.07, 6.45) is 7.44. The van der Waals surface area contributed by atoms with Crippen LogP contribution in [0.3, 0.4) is 0 Å². The first-order valence-electron chi connectivity index (χ1n) is 13.0. The topological polar surface area (TPSA) is 115 Å². The number of anilines is 1. The van der Waals surface area contributed by atoms with Gasteiger partial charge in [0.1, 0.15) is 11.6 Å². The van der Waals surface area contributed by atoms with Gasteiger partial charge in [0.25, 0.3) is 5.91 Å². The zero-order valence-corrected chi connectivity index (χ0v) is 22.7. The smallest absolute Gasteiger partial charge is 0.272 e. The Hall–Kier alpha value is -4.80. The second-order valence-electron chi connectivity index (χ2n) is 10.6. The number of rotatable bonds is 5. The van der Waals surface area contributed by atoms with E-state index in [4.69, 9.17) is 5.73 Å². The van der Waals surface area contributed by atoms with Crippen LogP contribution in [-0.2, 0) is 23.9 Å². The molecule has 1 aliphatic rings. The highest BCUT2D eigenvalue weighted by Crippen LogP contribution is 2.42. The molecule has 2 N–H and O–H groups in total. The Morgan fingerprint density at radius 2 is 1.85 bits per heavy atom. The first kappa shape index (κ1) is 25.5. The number of aromatic nitrogens is 5. The van der Waals surface area contributed by atoms with Crippen LogP contribution in [0.2, 0.25) is 0 Å². The van der Waals surface area contributed by atoms with Crippen LogP contribution < -0.4 is 5.73 Å². The number of fused-ring (bicyclic) bond motifs is 3. The number of benzene rings is 2. The maximum atomic E-state index is 15.4. The second kappa shape index (κ2) is 9.15. The summed E-state index contributed by atoms with van der Waals surface area (Å²) < 4.78 is 19.0. The van der Waals surface area contributed by atoms with E-state index in [2.05, 4.69) is 22.1 Å². The third kappa shape index (κ3) is 4.23. The van der Waals surface area contributed by atoms with E-state index in [1.54, 1.807) is 54.5 Å². The molecule has 0 saturated heterocycles. The van der Waals surface area contributed by atoms with E-state index in [-0.39, 0.29) is 23.6 Å². The van der Waals surface area contributed by atoms with E-state index < -0.39 is 11.7 Å². The fraction of sp³-hybridized carbons (Fsp3) is 0.276. The molecule has 3 aromatic heterocycles. The van der Waals surface area contributed by atoms with Crippen LogP contribution in [0.25, 0.3) is 32.9 Å². The first-order valence-corrected chi connectivity index (χ1v) is 13.0. The third-order valence-electron chi connectivity index (χ3n) is 7.82. The Morgan fingerprint density at radius 1 is 1.07 bits per heavy atom. The van der Waals surface area contributed by atoms with E-state index in [0.29, 0.717) is 33.2 Å². The fourth-order valence-electron chi connectivity index (χ4n) is 4.92. The van der Waals surface area contributed by atoms with Gasteiger partial charge in [-0.25, -0.2) is 14.4 Å².